The van der Waals surface area contributed by atoms with E-state index in [9.17, 15) is 17.6 Å². The van der Waals surface area contributed by atoms with Crippen molar-refractivity contribution in [1.29, 1.82) is 0 Å². The van der Waals surface area contributed by atoms with Gasteiger partial charge in [0.25, 0.3) is 0 Å². The first-order valence-electron chi connectivity index (χ1n) is 5.71. The summed E-state index contributed by atoms with van der Waals surface area (Å²) >= 11 is 1.80. The van der Waals surface area contributed by atoms with Crippen molar-refractivity contribution in [1.82, 2.24) is 0 Å². The lowest BCUT2D eigenvalue weighted by atomic mass is 10.1. The second-order valence-corrected chi connectivity index (χ2v) is 5.32. The lowest BCUT2D eigenvalue weighted by molar-refractivity contribution is -0.144. The van der Waals surface area contributed by atoms with Gasteiger partial charge in [0, 0.05) is 9.26 Å². The Balaban J connectivity index is 2.34. The third kappa shape index (κ3) is 3.62. The van der Waals surface area contributed by atoms with Crippen LogP contribution in [0.5, 0.6) is 0 Å². The highest BCUT2D eigenvalue weighted by Gasteiger charge is 2.41. The Labute approximate surface area is 127 Å². The molecule has 0 heterocycles. The highest BCUT2D eigenvalue weighted by atomic mass is 127. The fourth-order valence-corrected chi connectivity index (χ4v) is 2.39. The Morgan fingerprint density at radius 3 is 2.20 bits per heavy atom. The van der Waals surface area contributed by atoms with Gasteiger partial charge in [-0.15, -0.1) is 0 Å². The van der Waals surface area contributed by atoms with Crippen LogP contribution in [0.2, 0.25) is 0 Å². The summed E-state index contributed by atoms with van der Waals surface area (Å²) in [5, 5.41) is 2.43. The minimum absolute atomic E-state index is 0.111. The molecule has 0 radical (unpaired) electrons. The summed E-state index contributed by atoms with van der Waals surface area (Å²) in [6.45, 7) is 0. The van der Waals surface area contributed by atoms with Gasteiger partial charge in [-0.25, -0.2) is 4.39 Å². The summed E-state index contributed by atoms with van der Waals surface area (Å²) in [7, 11) is 0. The van der Waals surface area contributed by atoms with Crippen molar-refractivity contribution < 1.29 is 17.6 Å². The molecule has 1 unspecified atom stereocenters. The molecule has 2 aromatic carbocycles. The standard InChI is InChI=1S/C14H10F4IN/c15-10-6-7-12(11(19)8-10)20-13(14(16,17)18)9-4-2-1-3-5-9/h1-8,13,20H. The van der Waals surface area contributed by atoms with E-state index in [0.29, 0.717) is 3.57 Å². The van der Waals surface area contributed by atoms with Gasteiger partial charge in [-0.05, 0) is 46.4 Å². The molecule has 20 heavy (non-hydrogen) atoms. The molecule has 0 saturated carbocycles. The molecule has 0 fully saturated rings. The molecule has 106 valence electrons. The van der Waals surface area contributed by atoms with Crippen molar-refractivity contribution in [2.45, 2.75) is 12.2 Å². The maximum atomic E-state index is 13.2. The fraction of sp³-hybridized carbons (Fsp3) is 0.143. The first-order chi connectivity index (χ1) is 9.38. The second kappa shape index (κ2) is 5.99. The van der Waals surface area contributed by atoms with Crippen LogP contribution in [0, 0.1) is 9.39 Å². The molecule has 0 spiro atoms. The van der Waals surface area contributed by atoms with E-state index in [-0.39, 0.29) is 11.3 Å². The van der Waals surface area contributed by atoms with Gasteiger partial charge in [0.1, 0.15) is 11.9 Å². The van der Waals surface area contributed by atoms with Crippen LogP contribution in [0.15, 0.2) is 48.5 Å². The van der Waals surface area contributed by atoms with Gasteiger partial charge >= 0.3 is 6.18 Å². The number of anilines is 1. The summed E-state index contributed by atoms with van der Waals surface area (Å²) in [5.41, 5.74) is 0.360. The largest absolute Gasteiger partial charge is 0.412 e. The third-order valence-electron chi connectivity index (χ3n) is 2.69. The van der Waals surface area contributed by atoms with Gasteiger partial charge in [0.05, 0.1) is 0 Å². The van der Waals surface area contributed by atoms with Crippen LogP contribution in [0.3, 0.4) is 0 Å². The van der Waals surface area contributed by atoms with E-state index in [4.69, 9.17) is 0 Å². The molecular formula is C14H10F4IN. The molecule has 0 aliphatic rings. The van der Waals surface area contributed by atoms with Crippen molar-refractivity contribution in [3.8, 4) is 0 Å². The maximum Gasteiger partial charge on any atom is 0.412 e. The number of benzene rings is 2. The monoisotopic (exact) mass is 395 g/mol. The molecule has 6 heteroatoms. The van der Waals surface area contributed by atoms with Gasteiger partial charge in [-0.1, -0.05) is 30.3 Å². The van der Waals surface area contributed by atoms with Crippen molar-refractivity contribution in [3.05, 3.63) is 63.5 Å². The highest BCUT2D eigenvalue weighted by molar-refractivity contribution is 14.1. The first-order valence-corrected chi connectivity index (χ1v) is 6.79. The van der Waals surface area contributed by atoms with Gasteiger partial charge in [-0.3, -0.25) is 0 Å². The zero-order valence-corrected chi connectivity index (χ0v) is 12.2. The summed E-state index contributed by atoms with van der Waals surface area (Å²) in [5.74, 6) is -0.483. The number of alkyl halides is 3. The third-order valence-corrected chi connectivity index (χ3v) is 3.58. The molecule has 1 N–H and O–H groups in total. The van der Waals surface area contributed by atoms with Gasteiger partial charge in [0.2, 0.25) is 0 Å². The molecule has 0 aromatic heterocycles. The van der Waals surface area contributed by atoms with Crippen LogP contribution in [0.1, 0.15) is 11.6 Å². The molecule has 0 bridgehead atoms. The first kappa shape index (κ1) is 15.1. The second-order valence-electron chi connectivity index (χ2n) is 4.15. The number of nitrogens with one attached hydrogen (secondary N) is 1. The van der Waals surface area contributed by atoms with Crippen LogP contribution < -0.4 is 5.32 Å². The van der Waals surface area contributed by atoms with Crippen molar-refractivity contribution in [2.75, 3.05) is 5.32 Å². The Hall–Kier alpha value is -1.31. The van der Waals surface area contributed by atoms with E-state index >= 15 is 0 Å². The maximum absolute atomic E-state index is 13.2. The predicted molar refractivity (Wildman–Crippen MR) is 78.0 cm³/mol. The minimum Gasteiger partial charge on any atom is -0.370 e. The fourth-order valence-electron chi connectivity index (χ4n) is 1.76. The molecule has 2 rings (SSSR count). The zero-order chi connectivity index (χ0) is 14.8. The lowest BCUT2D eigenvalue weighted by Gasteiger charge is -2.23. The lowest BCUT2D eigenvalue weighted by Crippen LogP contribution is -2.28. The average molecular weight is 395 g/mol. The van der Waals surface area contributed by atoms with Crippen molar-refractivity contribution in [3.63, 3.8) is 0 Å². The SMILES string of the molecule is Fc1ccc(NC(c2ccccc2)C(F)(F)F)c(I)c1. The van der Waals surface area contributed by atoms with E-state index in [0.717, 1.165) is 6.07 Å². The van der Waals surface area contributed by atoms with Gasteiger partial charge in [0.15, 0.2) is 0 Å². The van der Waals surface area contributed by atoms with Crippen molar-refractivity contribution >= 4 is 28.3 Å². The Bertz CT molecular complexity index is 583. The van der Waals surface area contributed by atoms with Crippen LogP contribution in [-0.4, -0.2) is 6.18 Å². The Morgan fingerprint density at radius 1 is 1.00 bits per heavy atom. The summed E-state index contributed by atoms with van der Waals surface area (Å²) in [6, 6.07) is 9.34. The normalized spacial score (nSPS) is 13.1. The van der Waals surface area contributed by atoms with E-state index < -0.39 is 18.0 Å². The van der Waals surface area contributed by atoms with Gasteiger partial charge < -0.3 is 5.32 Å². The smallest absolute Gasteiger partial charge is 0.370 e. The van der Waals surface area contributed by atoms with Crippen LogP contribution >= 0.6 is 22.6 Å². The van der Waals surface area contributed by atoms with Gasteiger partial charge in [-0.2, -0.15) is 13.2 Å². The highest BCUT2D eigenvalue weighted by Crippen LogP contribution is 2.36. The van der Waals surface area contributed by atoms with Crippen LogP contribution in [-0.2, 0) is 0 Å². The number of halogens is 5. The van der Waals surface area contributed by atoms with Crippen LogP contribution in [0.4, 0.5) is 23.2 Å². The predicted octanol–water partition coefficient (Wildman–Crippen LogP) is 5.15. The molecule has 0 aliphatic carbocycles. The molecule has 0 saturated heterocycles. The summed E-state index contributed by atoms with van der Waals surface area (Å²) < 4.78 is 52.9. The molecule has 0 amide bonds. The Kier molecular flexibility index (Phi) is 4.52. The minimum atomic E-state index is -4.45. The zero-order valence-electron chi connectivity index (χ0n) is 10.1. The number of hydrogen-bond donors (Lipinski definition) is 1. The summed E-state index contributed by atoms with van der Waals surface area (Å²) in [6.07, 6.45) is -4.45. The van der Waals surface area contributed by atoms with E-state index in [1.54, 1.807) is 40.8 Å². The Morgan fingerprint density at radius 2 is 1.65 bits per heavy atom. The average Bonchev–Trinajstić information content (AvgIpc) is 2.37. The molecule has 0 aliphatic heterocycles. The molecule has 1 nitrogen and oxygen atoms in total. The number of rotatable bonds is 3. The molecular weight excluding hydrogens is 385 g/mol. The molecule has 1 atom stereocenters. The quantitative estimate of drug-likeness (QED) is 0.560. The van der Waals surface area contributed by atoms with Crippen LogP contribution in [0.25, 0.3) is 0 Å². The molecule has 2 aromatic rings. The van der Waals surface area contributed by atoms with E-state index in [1.807, 2.05) is 0 Å². The van der Waals surface area contributed by atoms with E-state index in [1.165, 1.54) is 24.3 Å². The van der Waals surface area contributed by atoms with Crippen molar-refractivity contribution in [2.24, 2.45) is 0 Å². The summed E-state index contributed by atoms with van der Waals surface area (Å²) in [4.78, 5) is 0. The number of hydrogen-bond acceptors (Lipinski definition) is 1. The topological polar surface area (TPSA) is 12.0 Å². The van der Waals surface area contributed by atoms with E-state index in [2.05, 4.69) is 5.32 Å².